The molecular weight excluding hydrogens is 394 g/mol. The number of hydrogen-bond acceptors (Lipinski definition) is 6. The van der Waals surface area contributed by atoms with Crippen LogP contribution in [-0.4, -0.2) is 20.9 Å². The van der Waals surface area contributed by atoms with E-state index in [9.17, 15) is 4.79 Å². The number of nitrogens with zero attached hydrogens (tertiary/aromatic N) is 3. The fourth-order valence-corrected chi connectivity index (χ4v) is 4.48. The third-order valence-corrected chi connectivity index (χ3v) is 6.10. The normalized spacial score (nSPS) is 11.1. The maximum Gasteiger partial charge on any atom is 0.250 e. The summed E-state index contributed by atoms with van der Waals surface area (Å²) in [5.41, 5.74) is 12.0. The molecule has 0 bridgehead atoms. The quantitative estimate of drug-likeness (QED) is 0.431. The Balaban J connectivity index is 1.68. The average Bonchev–Trinajstić information content (AvgIpc) is 3.13. The van der Waals surface area contributed by atoms with E-state index in [0.717, 1.165) is 27.8 Å². The summed E-state index contributed by atoms with van der Waals surface area (Å²) in [7, 11) is 0. The number of benzene rings is 2. The van der Waals surface area contributed by atoms with Gasteiger partial charge >= 0.3 is 0 Å². The second-order valence-corrected chi connectivity index (χ2v) is 7.90. The van der Waals surface area contributed by atoms with Gasteiger partial charge in [-0.15, -0.1) is 11.3 Å². The molecule has 2 aromatic carbocycles. The first kappa shape index (κ1) is 18.2. The van der Waals surface area contributed by atoms with Crippen molar-refractivity contribution < 1.29 is 4.79 Å². The summed E-state index contributed by atoms with van der Waals surface area (Å²) in [4.78, 5) is 24.9. The molecule has 146 valence electrons. The number of thiophene rings is 1. The second kappa shape index (κ2) is 7.20. The monoisotopic (exact) mass is 411 g/mol. The van der Waals surface area contributed by atoms with Crippen LogP contribution in [0.3, 0.4) is 0 Å². The van der Waals surface area contributed by atoms with Gasteiger partial charge in [-0.1, -0.05) is 6.07 Å². The first-order valence-corrected chi connectivity index (χ1v) is 10.2. The lowest BCUT2D eigenvalue weighted by molar-refractivity contribution is 0.100. The van der Waals surface area contributed by atoms with Gasteiger partial charge in [-0.3, -0.25) is 19.7 Å². The standard InChI is InChI=1S/C23H17N5OS/c1-13-12-30-21-3-2-14(8-17(13)21)18-9-15(10-19-22(18)27-7-6-26-19)28-20-11-25-5-4-16(20)23(24)29/h2-12,28H,1H3,(H2,24,29). The number of fused-ring (bicyclic) bond motifs is 2. The Kier molecular flexibility index (Phi) is 4.37. The van der Waals surface area contributed by atoms with Gasteiger partial charge in [0.1, 0.15) is 0 Å². The smallest absolute Gasteiger partial charge is 0.250 e. The van der Waals surface area contributed by atoms with Crippen molar-refractivity contribution in [3.05, 3.63) is 77.7 Å². The van der Waals surface area contributed by atoms with Gasteiger partial charge in [0.15, 0.2) is 0 Å². The average molecular weight is 411 g/mol. The zero-order chi connectivity index (χ0) is 20.7. The molecule has 6 nitrogen and oxygen atoms in total. The molecular formula is C23H17N5OS. The first-order chi connectivity index (χ1) is 14.6. The minimum atomic E-state index is -0.515. The Bertz CT molecular complexity index is 1430. The maximum absolute atomic E-state index is 11.8. The fourth-order valence-electron chi connectivity index (χ4n) is 3.56. The molecule has 30 heavy (non-hydrogen) atoms. The molecule has 0 aliphatic rings. The number of pyridine rings is 1. The maximum atomic E-state index is 11.8. The van der Waals surface area contributed by atoms with Crippen molar-refractivity contribution in [2.24, 2.45) is 5.73 Å². The lowest BCUT2D eigenvalue weighted by Gasteiger charge is -2.13. The molecule has 0 saturated heterocycles. The topological polar surface area (TPSA) is 93.8 Å². The zero-order valence-corrected chi connectivity index (χ0v) is 16.9. The van der Waals surface area contributed by atoms with Gasteiger partial charge in [0.05, 0.1) is 28.5 Å². The number of anilines is 2. The second-order valence-electron chi connectivity index (χ2n) is 6.99. The van der Waals surface area contributed by atoms with Crippen molar-refractivity contribution in [2.45, 2.75) is 6.92 Å². The van der Waals surface area contributed by atoms with E-state index in [-0.39, 0.29) is 0 Å². The summed E-state index contributed by atoms with van der Waals surface area (Å²) in [6.07, 6.45) is 6.49. The van der Waals surface area contributed by atoms with Crippen LogP contribution in [0.4, 0.5) is 11.4 Å². The predicted octanol–water partition coefficient (Wildman–Crippen LogP) is 5.06. The number of carbonyl (C=O) groups excluding carboxylic acids is 1. The minimum Gasteiger partial charge on any atom is -0.366 e. The molecule has 0 aliphatic heterocycles. The zero-order valence-electron chi connectivity index (χ0n) is 16.1. The van der Waals surface area contributed by atoms with Crippen LogP contribution in [0.25, 0.3) is 32.2 Å². The Morgan fingerprint density at radius 1 is 1.07 bits per heavy atom. The van der Waals surface area contributed by atoms with Gasteiger partial charge in [0, 0.05) is 34.5 Å². The van der Waals surface area contributed by atoms with E-state index < -0.39 is 5.91 Å². The van der Waals surface area contributed by atoms with Crippen LogP contribution in [0.5, 0.6) is 0 Å². The van der Waals surface area contributed by atoms with Crippen molar-refractivity contribution in [1.29, 1.82) is 0 Å². The van der Waals surface area contributed by atoms with E-state index in [1.807, 2.05) is 12.1 Å². The van der Waals surface area contributed by atoms with Gasteiger partial charge in [0.2, 0.25) is 0 Å². The molecule has 3 heterocycles. The van der Waals surface area contributed by atoms with Crippen molar-refractivity contribution in [1.82, 2.24) is 15.0 Å². The highest BCUT2D eigenvalue weighted by Crippen LogP contribution is 2.35. The van der Waals surface area contributed by atoms with Crippen LogP contribution in [0.15, 0.2) is 66.6 Å². The van der Waals surface area contributed by atoms with Crippen molar-refractivity contribution in [3.8, 4) is 11.1 Å². The van der Waals surface area contributed by atoms with Gasteiger partial charge in [-0.05, 0) is 59.1 Å². The van der Waals surface area contributed by atoms with Crippen molar-refractivity contribution in [3.63, 3.8) is 0 Å². The predicted molar refractivity (Wildman–Crippen MR) is 121 cm³/mol. The number of carbonyl (C=O) groups is 1. The molecule has 1 amide bonds. The van der Waals surface area contributed by atoms with Crippen molar-refractivity contribution >= 4 is 49.7 Å². The molecule has 5 aromatic rings. The van der Waals surface area contributed by atoms with Crippen LogP contribution in [0.1, 0.15) is 15.9 Å². The van der Waals surface area contributed by atoms with E-state index in [1.54, 1.807) is 42.2 Å². The summed E-state index contributed by atoms with van der Waals surface area (Å²) in [6, 6.07) is 11.9. The molecule has 0 atom stereocenters. The SMILES string of the molecule is Cc1csc2ccc(-c3cc(Nc4cnccc4C(N)=O)cc4nccnc34)cc12. The Hall–Kier alpha value is -3.84. The number of aromatic nitrogens is 3. The molecule has 3 N–H and O–H groups in total. The molecule has 7 heteroatoms. The van der Waals surface area contributed by atoms with E-state index in [4.69, 9.17) is 5.73 Å². The van der Waals surface area contributed by atoms with E-state index in [1.165, 1.54) is 15.6 Å². The highest BCUT2D eigenvalue weighted by Gasteiger charge is 2.13. The van der Waals surface area contributed by atoms with E-state index in [0.29, 0.717) is 11.3 Å². The van der Waals surface area contributed by atoms with E-state index in [2.05, 4.69) is 50.8 Å². The minimum absolute atomic E-state index is 0.376. The number of rotatable bonds is 4. The number of amides is 1. The highest BCUT2D eigenvalue weighted by molar-refractivity contribution is 7.17. The number of hydrogen-bond donors (Lipinski definition) is 2. The third kappa shape index (κ3) is 3.15. The summed E-state index contributed by atoms with van der Waals surface area (Å²) in [6.45, 7) is 2.12. The van der Waals surface area contributed by atoms with Gasteiger partial charge < -0.3 is 11.1 Å². The van der Waals surface area contributed by atoms with Crippen molar-refractivity contribution in [2.75, 3.05) is 5.32 Å². The van der Waals surface area contributed by atoms with Crippen LogP contribution in [-0.2, 0) is 0 Å². The molecule has 5 rings (SSSR count). The Morgan fingerprint density at radius 2 is 1.93 bits per heavy atom. The molecule has 0 aliphatic carbocycles. The van der Waals surface area contributed by atoms with Crippen LogP contribution < -0.4 is 11.1 Å². The lowest BCUT2D eigenvalue weighted by Crippen LogP contribution is -2.13. The van der Waals surface area contributed by atoms with Crippen LogP contribution in [0, 0.1) is 6.92 Å². The fraction of sp³-hybridized carbons (Fsp3) is 0.0435. The van der Waals surface area contributed by atoms with Gasteiger partial charge in [0.25, 0.3) is 5.91 Å². The Labute approximate surface area is 176 Å². The summed E-state index contributed by atoms with van der Waals surface area (Å²) < 4.78 is 1.25. The third-order valence-electron chi connectivity index (χ3n) is 5.02. The molecule has 0 radical (unpaired) electrons. The van der Waals surface area contributed by atoms with Crippen LogP contribution >= 0.6 is 11.3 Å². The lowest BCUT2D eigenvalue weighted by atomic mass is 10.0. The van der Waals surface area contributed by atoms with Gasteiger partial charge in [-0.25, -0.2) is 0 Å². The summed E-state index contributed by atoms with van der Waals surface area (Å²) >= 11 is 1.74. The molecule has 0 spiro atoms. The number of nitrogens with one attached hydrogen (secondary N) is 1. The van der Waals surface area contributed by atoms with E-state index >= 15 is 0 Å². The number of nitrogens with two attached hydrogens (primary N) is 1. The first-order valence-electron chi connectivity index (χ1n) is 9.34. The molecule has 0 saturated carbocycles. The van der Waals surface area contributed by atoms with Crippen LogP contribution in [0.2, 0.25) is 0 Å². The number of primary amides is 1. The van der Waals surface area contributed by atoms with Gasteiger partial charge in [-0.2, -0.15) is 0 Å². The largest absolute Gasteiger partial charge is 0.366 e. The summed E-state index contributed by atoms with van der Waals surface area (Å²) in [5.74, 6) is -0.515. The molecule has 3 aromatic heterocycles. The molecule has 0 fully saturated rings. The summed E-state index contributed by atoms with van der Waals surface area (Å²) in [5, 5.41) is 6.67. The molecule has 0 unspecified atom stereocenters. The Morgan fingerprint density at radius 3 is 2.80 bits per heavy atom. The highest BCUT2D eigenvalue weighted by atomic mass is 32.1. The number of aryl methyl sites for hydroxylation is 1.